The summed E-state index contributed by atoms with van der Waals surface area (Å²) in [6.45, 7) is 7.45. The van der Waals surface area contributed by atoms with Gasteiger partial charge in [-0.1, -0.05) is 0 Å². The van der Waals surface area contributed by atoms with Crippen LogP contribution in [0, 0.1) is 0 Å². The number of carbonyl (C=O) groups is 3. The van der Waals surface area contributed by atoms with Crippen LogP contribution in [0.5, 0.6) is 5.75 Å². The number of thiophene rings is 1. The Morgan fingerprint density at radius 2 is 1.84 bits per heavy atom. The van der Waals surface area contributed by atoms with Crippen molar-refractivity contribution in [1.29, 1.82) is 0 Å². The third kappa shape index (κ3) is 4.69. The Balaban J connectivity index is 1.60. The smallest absolute Gasteiger partial charge is 0.411 e. The summed E-state index contributed by atoms with van der Waals surface area (Å²) in [7, 11) is 1.54. The third-order valence-electron chi connectivity index (χ3n) is 6.48. The number of amides is 1. The maximum Gasteiger partial charge on any atom is 0.411 e. The van der Waals surface area contributed by atoms with E-state index in [1.54, 1.807) is 53.1 Å². The second kappa shape index (κ2) is 9.58. The molecular weight excluding hydrogens is 508 g/mol. The number of ketones is 1. The standard InChI is InChI=1S/C28H30N2O7S/c1-6-36-26(33)19-12-30(15-7-8-15)23-17(24(19)32)10-9-16(25(23)35-5)21-11-18-20(31)13-29(14-22(18)38-21)27(34)37-28(2,3)4/h9-12,15H,6-8,13-14H2,1-5H3. The predicted molar refractivity (Wildman–Crippen MR) is 143 cm³/mol. The molecule has 1 aliphatic carbocycles. The zero-order chi connectivity index (χ0) is 27.4. The van der Waals surface area contributed by atoms with Crippen LogP contribution in [0.25, 0.3) is 21.3 Å². The Bertz CT molecular complexity index is 1520. The van der Waals surface area contributed by atoms with Crippen LogP contribution < -0.4 is 10.2 Å². The van der Waals surface area contributed by atoms with Gasteiger partial charge in [0.15, 0.2) is 11.5 Å². The first-order valence-corrected chi connectivity index (χ1v) is 13.4. The van der Waals surface area contributed by atoms with Crippen LogP contribution in [0.2, 0.25) is 0 Å². The molecule has 0 atom stereocenters. The van der Waals surface area contributed by atoms with Gasteiger partial charge in [0.25, 0.3) is 0 Å². The highest BCUT2D eigenvalue weighted by Gasteiger charge is 2.33. The van der Waals surface area contributed by atoms with Gasteiger partial charge in [-0.25, -0.2) is 9.59 Å². The number of benzene rings is 1. The van der Waals surface area contributed by atoms with Gasteiger partial charge in [0.05, 0.1) is 37.7 Å². The Morgan fingerprint density at radius 1 is 1.11 bits per heavy atom. The lowest BCUT2D eigenvalue weighted by atomic mass is 10.0. The number of rotatable bonds is 5. The van der Waals surface area contributed by atoms with E-state index >= 15 is 0 Å². The number of aromatic nitrogens is 1. The molecule has 0 radical (unpaired) electrons. The minimum absolute atomic E-state index is 0.000437. The summed E-state index contributed by atoms with van der Waals surface area (Å²) in [5.41, 5.74) is 0.843. The van der Waals surface area contributed by atoms with E-state index in [0.29, 0.717) is 22.2 Å². The lowest BCUT2D eigenvalue weighted by Crippen LogP contribution is -2.41. The van der Waals surface area contributed by atoms with Gasteiger partial charge in [-0.2, -0.15) is 0 Å². The molecule has 2 aliphatic rings. The van der Waals surface area contributed by atoms with E-state index in [1.165, 1.54) is 16.2 Å². The van der Waals surface area contributed by atoms with Crippen molar-refractivity contribution in [1.82, 2.24) is 9.47 Å². The van der Waals surface area contributed by atoms with E-state index < -0.39 is 23.1 Å². The molecule has 1 saturated carbocycles. The van der Waals surface area contributed by atoms with E-state index in [9.17, 15) is 19.2 Å². The summed E-state index contributed by atoms with van der Waals surface area (Å²) >= 11 is 1.41. The van der Waals surface area contributed by atoms with E-state index in [0.717, 1.165) is 28.2 Å². The van der Waals surface area contributed by atoms with Crippen LogP contribution in [0.3, 0.4) is 0 Å². The summed E-state index contributed by atoms with van der Waals surface area (Å²) in [6.07, 6.45) is 2.90. The van der Waals surface area contributed by atoms with Crippen LogP contribution in [-0.2, 0) is 16.0 Å². The second-order valence-electron chi connectivity index (χ2n) is 10.5. The van der Waals surface area contributed by atoms with Gasteiger partial charge in [-0.05, 0) is 58.7 Å². The van der Waals surface area contributed by atoms with Crippen LogP contribution in [0.1, 0.15) is 72.2 Å². The molecule has 38 heavy (non-hydrogen) atoms. The highest BCUT2D eigenvalue weighted by Crippen LogP contribution is 2.45. The van der Waals surface area contributed by atoms with Crippen molar-refractivity contribution < 1.29 is 28.6 Å². The predicted octanol–water partition coefficient (Wildman–Crippen LogP) is 5.18. The summed E-state index contributed by atoms with van der Waals surface area (Å²) in [6, 6.07) is 5.45. The maximum absolute atomic E-state index is 13.3. The lowest BCUT2D eigenvalue weighted by molar-refractivity contribution is 0.0222. The molecule has 1 fully saturated rings. The average Bonchev–Trinajstić information content (AvgIpc) is 3.60. The number of Topliss-reactive ketones (excluding diaryl/α,β-unsaturated/α-hetero) is 1. The number of hydrogen-bond donors (Lipinski definition) is 0. The highest BCUT2D eigenvalue weighted by atomic mass is 32.1. The van der Waals surface area contributed by atoms with Crippen molar-refractivity contribution in [2.75, 3.05) is 20.3 Å². The zero-order valence-electron chi connectivity index (χ0n) is 22.1. The number of nitrogens with zero attached hydrogens (tertiary/aromatic N) is 2. The number of pyridine rings is 1. The Labute approximate surface area is 223 Å². The summed E-state index contributed by atoms with van der Waals surface area (Å²) in [5, 5.41) is 0.372. The molecule has 5 rings (SSSR count). The molecule has 200 valence electrons. The van der Waals surface area contributed by atoms with Gasteiger partial charge in [0.2, 0.25) is 5.43 Å². The first-order chi connectivity index (χ1) is 18.0. The van der Waals surface area contributed by atoms with Crippen molar-refractivity contribution in [3.05, 3.63) is 50.6 Å². The molecule has 1 aromatic carbocycles. The Morgan fingerprint density at radius 3 is 2.47 bits per heavy atom. The average molecular weight is 539 g/mol. The quantitative estimate of drug-likeness (QED) is 0.412. The number of hydrogen-bond acceptors (Lipinski definition) is 8. The molecule has 1 aliphatic heterocycles. The van der Waals surface area contributed by atoms with Gasteiger partial charge in [0.1, 0.15) is 11.2 Å². The molecule has 3 heterocycles. The number of ether oxygens (including phenoxy) is 3. The van der Waals surface area contributed by atoms with Gasteiger partial charge in [0, 0.05) is 33.1 Å². The summed E-state index contributed by atoms with van der Waals surface area (Å²) in [5.74, 6) is -0.305. The first kappa shape index (κ1) is 26.0. The van der Waals surface area contributed by atoms with Crippen molar-refractivity contribution in [2.45, 2.75) is 58.7 Å². The van der Waals surface area contributed by atoms with Crippen LogP contribution in [0.15, 0.2) is 29.2 Å². The summed E-state index contributed by atoms with van der Waals surface area (Å²) < 4.78 is 18.4. The number of methoxy groups -OCH3 is 1. The largest absolute Gasteiger partial charge is 0.494 e. The molecule has 0 spiro atoms. The monoisotopic (exact) mass is 538 g/mol. The van der Waals surface area contributed by atoms with Gasteiger partial charge in [-0.15, -0.1) is 11.3 Å². The van der Waals surface area contributed by atoms with Gasteiger partial charge >= 0.3 is 12.1 Å². The summed E-state index contributed by atoms with van der Waals surface area (Å²) in [4.78, 5) is 54.4. The Kier molecular flexibility index (Phi) is 6.54. The molecule has 10 heteroatoms. The van der Waals surface area contributed by atoms with Crippen molar-refractivity contribution in [3.8, 4) is 16.2 Å². The molecule has 3 aromatic rings. The first-order valence-electron chi connectivity index (χ1n) is 12.6. The molecule has 1 amide bonds. The van der Waals surface area contributed by atoms with Gasteiger partial charge in [-0.3, -0.25) is 14.5 Å². The fraction of sp³-hybridized carbons (Fsp3) is 0.429. The zero-order valence-corrected chi connectivity index (χ0v) is 22.9. The SMILES string of the molecule is CCOC(=O)c1cn(C2CC2)c2c(OC)c(-c3cc4c(s3)CN(C(=O)OC(C)(C)C)CC4=O)ccc2c1=O. The fourth-order valence-corrected chi connectivity index (χ4v) is 5.89. The van der Waals surface area contributed by atoms with Crippen LogP contribution in [-0.4, -0.2) is 53.2 Å². The van der Waals surface area contributed by atoms with E-state index in [4.69, 9.17) is 14.2 Å². The topological polar surface area (TPSA) is 104 Å². The molecule has 0 unspecified atom stereocenters. The molecule has 2 aromatic heterocycles. The van der Waals surface area contributed by atoms with Crippen LogP contribution in [0.4, 0.5) is 4.79 Å². The maximum atomic E-state index is 13.3. The van der Waals surface area contributed by atoms with Crippen molar-refractivity contribution in [3.63, 3.8) is 0 Å². The van der Waals surface area contributed by atoms with Gasteiger partial charge < -0.3 is 18.8 Å². The fourth-order valence-electron chi connectivity index (χ4n) is 4.67. The minimum Gasteiger partial charge on any atom is -0.494 e. The van der Waals surface area contributed by atoms with Crippen LogP contribution >= 0.6 is 11.3 Å². The Hall–Kier alpha value is -3.66. The molecule has 0 N–H and O–H groups in total. The third-order valence-corrected chi connectivity index (χ3v) is 7.64. The van der Waals surface area contributed by atoms with E-state index in [1.807, 2.05) is 10.6 Å². The highest BCUT2D eigenvalue weighted by molar-refractivity contribution is 7.16. The number of esters is 1. The lowest BCUT2D eigenvalue weighted by Gasteiger charge is -2.29. The minimum atomic E-state index is -0.663. The van der Waals surface area contributed by atoms with E-state index in [2.05, 4.69) is 0 Å². The molecule has 0 bridgehead atoms. The molecule has 9 nitrogen and oxygen atoms in total. The molecule has 0 saturated heterocycles. The normalized spacial score (nSPS) is 15.4. The van der Waals surface area contributed by atoms with Crippen molar-refractivity contribution >= 4 is 40.1 Å². The van der Waals surface area contributed by atoms with E-state index in [-0.39, 0.29) is 37.1 Å². The van der Waals surface area contributed by atoms with Crippen molar-refractivity contribution in [2.24, 2.45) is 0 Å². The second-order valence-corrected chi connectivity index (χ2v) is 11.6. The number of carbonyl (C=O) groups excluding carboxylic acids is 3. The molecular formula is C28H30N2O7S. The number of fused-ring (bicyclic) bond motifs is 2.